The smallest absolute Gasteiger partial charge is 0.115 e. The van der Waals surface area contributed by atoms with Crippen molar-refractivity contribution in [2.75, 3.05) is 0 Å². The Balaban J connectivity index is 1.67. The van der Waals surface area contributed by atoms with E-state index in [2.05, 4.69) is 41.7 Å². The first-order valence-corrected chi connectivity index (χ1v) is 10.0. The second kappa shape index (κ2) is 5.92. The number of aryl methyl sites for hydroxylation is 1. The fraction of sp³-hybridized carbons (Fsp3) is 0.0556. The topological polar surface area (TPSA) is 74.3 Å². The Labute approximate surface area is 160 Å². The first-order chi connectivity index (χ1) is 12.7. The SMILES string of the molecule is Cc1cc(-c2ccc(-c3c4c(cc5nsnc35)N=S=N4)s2)ccc1C#N. The van der Waals surface area contributed by atoms with Crippen molar-refractivity contribution < 1.29 is 0 Å². The molecule has 5 nitrogen and oxygen atoms in total. The highest BCUT2D eigenvalue weighted by Crippen LogP contribution is 2.48. The molecule has 0 saturated heterocycles. The molecule has 0 N–H and O–H groups in total. The average Bonchev–Trinajstić information content (AvgIpc) is 3.39. The summed E-state index contributed by atoms with van der Waals surface area (Å²) in [6.45, 7) is 1.96. The fourth-order valence-corrected chi connectivity index (χ4v) is 5.09. The van der Waals surface area contributed by atoms with E-state index in [0.29, 0.717) is 5.56 Å². The molecule has 0 fully saturated rings. The number of nitriles is 1. The number of rotatable bonds is 2. The van der Waals surface area contributed by atoms with Crippen molar-refractivity contribution in [3.63, 3.8) is 0 Å². The zero-order chi connectivity index (χ0) is 17.7. The molecule has 2 aromatic carbocycles. The Morgan fingerprint density at radius 2 is 1.88 bits per heavy atom. The van der Waals surface area contributed by atoms with Gasteiger partial charge in [0.05, 0.1) is 34.7 Å². The normalized spacial score (nSPS) is 12.2. The molecule has 0 bridgehead atoms. The van der Waals surface area contributed by atoms with Crippen LogP contribution in [0.5, 0.6) is 0 Å². The molecule has 2 aromatic heterocycles. The molecule has 8 heteroatoms. The predicted molar refractivity (Wildman–Crippen MR) is 107 cm³/mol. The van der Waals surface area contributed by atoms with Crippen LogP contribution in [0.15, 0.2) is 45.1 Å². The molecule has 0 radical (unpaired) electrons. The van der Waals surface area contributed by atoms with E-state index in [1.807, 2.05) is 25.1 Å². The van der Waals surface area contributed by atoms with Crippen LogP contribution in [0.25, 0.3) is 31.9 Å². The lowest BCUT2D eigenvalue weighted by atomic mass is 10.0. The van der Waals surface area contributed by atoms with Crippen molar-refractivity contribution in [3.05, 3.63) is 47.5 Å². The van der Waals surface area contributed by atoms with Crippen molar-refractivity contribution in [2.24, 2.45) is 8.73 Å². The van der Waals surface area contributed by atoms with E-state index >= 15 is 0 Å². The van der Waals surface area contributed by atoms with E-state index in [0.717, 1.165) is 48.9 Å². The van der Waals surface area contributed by atoms with E-state index in [1.165, 1.54) is 23.1 Å². The van der Waals surface area contributed by atoms with Gasteiger partial charge in [0.15, 0.2) is 0 Å². The Morgan fingerprint density at radius 1 is 1.00 bits per heavy atom. The number of fused-ring (bicyclic) bond motifs is 2. The van der Waals surface area contributed by atoms with Crippen molar-refractivity contribution in [1.82, 2.24) is 8.75 Å². The third-order valence-corrected chi connectivity index (χ3v) is 6.50. The predicted octanol–water partition coefficient (Wildman–Crippen LogP) is 5.99. The maximum Gasteiger partial charge on any atom is 0.115 e. The Bertz CT molecular complexity index is 1300. The van der Waals surface area contributed by atoms with Crippen LogP contribution in [-0.4, -0.2) is 8.75 Å². The van der Waals surface area contributed by atoms with Gasteiger partial charge in [0.25, 0.3) is 0 Å². The highest BCUT2D eigenvalue weighted by atomic mass is 32.1. The standard InChI is InChI=1S/C18H9N5S3/c1-9-6-10(2-3-11(9)8-19)14-4-5-15(24-14)16-17-12(20-25-22-17)7-13-18(16)23-26-21-13/h2-7H,1H3. The molecule has 4 aromatic rings. The molecule has 5 rings (SSSR count). The molecule has 0 amide bonds. The first kappa shape index (κ1) is 15.5. The second-order valence-corrected chi connectivity index (χ2v) is 7.96. The fourth-order valence-electron chi connectivity index (χ4n) is 2.97. The summed E-state index contributed by atoms with van der Waals surface area (Å²) in [5, 5.41) is 9.12. The number of hydrogen-bond acceptors (Lipinski definition) is 7. The van der Waals surface area contributed by atoms with Gasteiger partial charge >= 0.3 is 0 Å². The molecule has 0 atom stereocenters. The minimum Gasteiger partial charge on any atom is -0.192 e. The van der Waals surface area contributed by atoms with E-state index in [1.54, 1.807) is 11.3 Å². The summed E-state index contributed by atoms with van der Waals surface area (Å²) in [5.41, 5.74) is 7.26. The highest BCUT2D eigenvalue weighted by molar-refractivity contribution is 7.58. The molecule has 0 saturated carbocycles. The molecule has 1 aliphatic heterocycles. The molecule has 0 spiro atoms. The minimum atomic E-state index is 0.708. The van der Waals surface area contributed by atoms with Gasteiger partial charge < -0.3 is 0 Å². The number of thiophene rings is 1. The Kier molecular flexibility index (Phi) is 3.53. The first-order valence-electron chi connectivity index (χ1n) is 7.73. The number of benzene rings is 2. The van der Waals surface area contributed by atoms with Gasteiger partial charge in [-0.3, -0.25) is 0 Å². The molecule has 124 valence electrons. The summed E-state index contributed by atoms with van der Waals surface area (Å²) in [5.74, 6) is 0. The summed E-state index contributed by atoms with van der Waals surface area (Å²) in [4.78, 5) is 2.24. The van der Waals surface area contributed by atoms with E-state index in [9.17, 15) is 0 Å². The van der Waals surface area contributed by atoms with Gasteiger partial charge in [0, 0.05) is 15.3 Å². The van der Waals surface area contributed by atoms with Gasteiger partial charge in [0.2, 0.25) is 0 Å². The maximum absolute atomic E-state index is 9.12. The summed E-state index contributed by atoms with van der Waals surface area (Å²) in [6.07, 6.45) is 0. The zero-order valence-corrected chi connectivity index (χ0v) is 15.9. The van der Waals surface area contributed by atoms with Crippen LogP contribution < -0.4 is 0 Å². The van der Waals surface area contributed by atoms with Gasteiger partial charge in [-0.05, 0) is 48.4 Å². The summed E-state index contributed by atoms with van der Waals surface area (Å²) >= 11 is 4.10. The van der Waals surface area contributed by atoms with E-state index in [-0.39, 0.29) is 0 Å². The third-order valence-electron chi connectivity index (χ3n) is 4.26. The second-order valence-electron chi connectivity index (χ2n) is 5.82. The van der Waals surface area contributed by atoms with Crippen LogP contribution >= 0.6 is 23.1 Å². The van der Waals surface area contributed by atoms with Crippen LogP contribution in [0.4, 0.5) is 11.4 Å². The van der Waals surface area contributed by atoms with Crippen LogP contribution in [0.3, 0.4) is 0 Å². The van der Waals surface area contributed by atoms with Crippen LogP contribution in [0.1, 0.15) is 11.1 Å². The average molecular weight is 392 g/mol. The van der Waals surface area contributed by atoms with Crippen LogP contribution in [0, 0.1) is 18.3 Å². The maximum atomic E-state index is 9.12. The molecule has 26 heavy (non-hydrogen) atoms. The summed E-state index contributed by atoms with van der Waals surface area (Å²) in [7, 11) is 0. The lowest BCUT2D eigenvalue weighted by molar-refractivity contribution is 1.40. The van der Waals surface area contributed by atoms with Gasteiger partial charge in [-0.2, -0.15) is 22.7 Å². The van der Waals surface area contributed by atoms with E-state index < -0.39 is 0 Å². The molecular weight excluding hydrogens is 382 g/mol. The summed E-state index contributed by atoms with van der Waals surface area (Å²) < 4.78 is 17.7. The monoisotopic (exact) mass is 391 g/mol. The third kappa shape index (κ3) is 2.33. The molecule has 1 aliphatic rings. The quantitative estimate of drug-likeness (QED) is 0.371. The molecular formula is C18H9N5S3. The van der Waals surface area contributed by atoms with Crippen molar-refractivity contribution in [2.45, 2.75) is 6.92 Å². The summed E-state index contributed by atoms with van der Waals surface area (Å²) in [6, 6.07) is 14.3. The van der Waals surface area contributed by atoms with Gasteiger partial charge in [0.1, 0.15) is 22.4 Å². The zero-order valence-electron chi connectivity index (χ0n) is 13.4. The van der Waals surface area contributed by atoms with Gasteiger partial charge in [-0.25, -0.2) is 0 Å². The van der Waals surface area contributed by atoms with Crippen LogP contribution in [-0.2, 0) is 11.4 Å². The Morgan fingerprint density at radius 3 is 2.73 bits per heavy atom. The largest absolute Gasteiger partial charge is 0.192 e. The minimum absolute atomic E-state index is 0.708. The molecule has 3 heterocycles. The lowest BCUT2D eigenvalue weighted by Crippen LogP contribution is -1.82. The number of hydrogen-bond donors (Lipinski definition) is 0. The van der Waals surface area contributed by atoms with Crippen molar-refractivity contribution in [1.29, 1.82) is 5.26 Å². The lowest BCUT2D eigenvalue weighted by Gasteiger charge is -2.04. The highest BCUT2D eigenvalue weighted by Gasteiger charge is 2.21. The number of nitrogens with zero attached hydrogens (tertiary/aromatic N) is 5. The van der Waals surface area contributed by atoms with E-state index in [4.69, 9.17) is 5.26 Å². The van der Waals surface area contributed by atoms with Crippen molar-refractivity contribution >= 4 is 56.8 Å². The van der Waals surface area contributed by atoms with Gasteiger partial charge in [-0.1, -0.05) is 6.07 Å². The van der Waals surface area contributed by atoms with Gasteiger partial charge in [-0.15, -0.1) is 11.3 Å². The van der Waals surface area contributed by atoms with Crippen LogP contribution in [0.2, 0.25) is 0 Å². The molecule has 0 aliphatic carbocycles. The Hall–Kier alpha value is -2.73. The van der Waals surface area contributed by atoms with Crippen molar-refractivity contribution in [3.8, 4) is 27.0 Å². The number of aromatic nitrogens is 2. The molecule has 0 unspecified atom stereocenters.